The number of ether oxygens (including phenoxy) is 4. The second-order valence-electron chi connectivity index (χ2n) is 5.26. The molecule has 0 aliphatic rings. The summed E-state index contributed by atoms with van der Waals surface area (Å²) in [5.74, 6) is 1.99. The molecule has 142 valence electrons. The van der Waals surface area contributed by atoms with Gasteiger partial charge in [0.2, 0.25) is 15.8 Å². The van der Waals surface area contributed by atoms with Gasteiger partial charge in [-0.05, 0) is 48.9 Å². The first-order valence-corrected chi connectivity index (χ1v) is 9.44. The SMILES string of the molecule is CCOc1ccc(S(=O)(=O)NCc2cc(OC)c(OC)c(OC)c2)cc1. The average Bonchev–Trinajstić information content (AvgIpc) is 2.66. The Kier molecular flexibility index (Phi) is 6.70. The van der Waals surface area contributed by atoms with Gasteiger partial charge in [0.1, 0.15) is 5.75 Å². The van der Waals surface area contributed by atoms with Gasteiger partial charge in [0, 0.05) is 6.54 Å². The van der Waals surface area contributed by atoms with E-state index in [-0.39, 0.29) is 11.4 Å². The highest BCUT2D eigenvalue weighted by Gasteiger charge is 2.17. The van der Waals surface area contributed by atoms with Crippen molar-refractivity contribution in [2.75, 3.05) is 27.9 Å². The van der Waals surface area contributed by atoms with Crippen LogP contribution in [0.25, 0.3) is 0 Å². The van der Waals surface area contributed by atoms with Gasteiger partial charge in [-0.2, -0.15) is 0 Å². The Balaban J connectivity index is 2.18. The zero-order chi connectivity index (χ0) is 19.2. The standard InChI is InChI=1S/C18H23NO6S/c1-5-25-14-6-8-15(9-7-14)26(20,21)19-12-13-10-16(22-2)18(24-4)17(11-13)23-3/h6-11,19H,5,12H2,1-4H3. The molecule has 0 bridgehead atoms. The predicted octanol–water partition coefficient (Wildman–Crippen LogP) is 2.59. The number of sulfonamides is 1. The maximum atomic E-state index is 12.5. The molecule has 2 rings (SSSR count). The predicted molar refractivity (Wildman–Crippen MR) is 97.7 cm³/mol. The van der Waals surface area contributed by atoms with Crippen LogP contribution in [0.3, 0.4) is 0 Å². The van der Waals surface area contributed by atoms with Gasteiger partial charge < -0.3 is 18.9 Å². The average molecular weight is 381 g/mol. The van der Waals surface area contributed by atoms with E-state index in [4.69, 9.17) is 18.9 Å². The first kappa shape index (κ1) is 19.9. The van der Waals surface area contributed by atoms with E-state index in [9.17, 15) is 8.42 Å². The molecule has 0 aliphatic heterocycles. The smallest absolute Gasteiger partial charge is 0.240 e. The highest BCUT2D eigenvalue weighted by Crippen LogP contribution is 2.38. The van der Waals surface area contributed by atoms with Crippen molar-refractivity contribution in [3.8, 4) is 23.0 Å². The number of hydrogen-bond donors (Lipinski definition) is 1. The summed E-state index contributed by atoms with van der Waals surface area (Å²) in [6, 6.07) is 9.64. The first-order valence-electron chi connectivity index (χ1n) is 7.96. The molecular formula is C18H23NO6S. The molecule has 2 aromatic carbocycles. The summed E-state index contributed by atoms with van der Waals surface area (Å²) in [4.78, 5) is 0.161. The van der Waals surface area contributed by atoms with E-state index >= 15 is 0 Å². The van der Waals surface area contributed by atoms with Crippen LogP contribution in [0.5, 0.6) is 23.0 Å². The van der Waals surface area contributed by atoms with Crippen molar-refractivity contribution >= 4 is 10.0 Å². The molecule has 1 N–H and O–H groups in total. The third-order valence-electron chi connectivity index (χ3n) is 3.64. The van der Waals surface area contributed by atoms with Gasteiger partial charge in [0.05, 0.1) is 32.8 Å². The fourth-order valence-electron chi connectivity index (χ4n) is 2.38. The minimum absolute atomic E-state index is 0.0757. The molecule has 0 atom stereocenters. The number of rotatable bonds is 9. The van der Waals surface area contributed by atoms with Crippen LogP contribution in [-0.4, -0.2) is 36.4 Å². The van der Waals surface area contributed by atoms with Crippen LogP contribution in [0, 0.1) is 0 Å². The normalized spacial score (nSPS) is 11.1. The molecule has 2 aromatic rings. The quantitative estimate of drug-likeness (QED) is 0.719. The van der Waals surface area contributed by atoms with Gasteiger partial charge in [-0.15, -0.1) is 0 Å². The Hall–Kier alpha value is -2.45. The van der Waals surface area contributed by atoms with Crippen LogP contribution in [0.2, 0.25) is 0 Å². The van der Waals surface area contributed by atoms with Gasteiger partial charge in [0.25, 0.3) is 0 Å². The summed E-state index contributed by atoms with van der Waals surface area (Å²) < 4.78 is 48.6. The molecule has 26 heavy (non-hydrogen) atoms. The van der Waals surface area contributed by atoms with Crippen LogP contribution in [0.1, 0.15) is 12.5 Å². The van der Waals surface area contributed by atoms with E-state index in [1.807, 2.05) is 6.92 Å². The number of hydrogen-bond acceptors (Lipinski definition) is 6. The Bertz CT molecular complexity index is 808. The molecule has 0 saturated heterocycles. The van der Waals surface area contributed by atoms with E-state index in [1.54, 1.807) is 24.3 Å². The van der Waals surface area contributed by atoms with Gasteiger partial charge in [0.15, 0.2) is 11.5 Å². The molecule has 0 radical (unpaired) electrons. The summed E-state index contributed by atoms with van der Waals surface area (Å²) in [6.45, 7) is 2.46. The van der Waals surface area contributed by atoms with Crippen molar-refractivity contribution in [3.63, 3.8) is 0 Å². The van der Waals surface area contributed by atoms with Gasteiger partial charge >= 0.3 is 0 Å². The minimum Gasteiger partial charge on any atom is -0.494 e. The van der Waals surface area contributed by atoms with Crippen molar-refractivity contribution < 1.29 is 27.4 Å². The molecule has 0 amide bonds. The van der Waals surface area contributed by atoms with Crippen LogP contribution in [0.4, 0.5) is 0 Å². The Morgan fingerprint density at radius 1 is 0.923 bits per heavy atom. The fraction of sp³-hybridized carbons (Fsp3) is 0.333. The molecule has 0 aliphatic carbocycles. The highest BCUT2D eigenvalue weighted by atomic mass is 32.2. The largest absolute Gasteiger partial charge is 0.494 e. The number of nitrogens with one attached hydrogen (secondary N) is 1. The molecule has 0 aromatic heterocycles. The zero-order valence-corrected chi connectivity index (χ0v) is 16.1. The lowest BCUT2D eigenvalue weighted by Crippen LogP contribution is -2.23. The summed E-state index contributed by atoms with van der Waals surface area (Å²) in [7, 11) is 0.855. The molecule has 0 spiro atoms. The lowest BCUT2D eigenvalue weighted by atomic mass is 10.2. The maximum absolute atomic E-state index is 12.5. The van der Waals surface area contributed by atoms with Crippen LogP contribution in [-0.2, 0) is 16.6 Å². The monoisotopic (exact) mass is 381 g/mol. The van der Waals surface area contributed by atoms with Gasteiger partial charge in [-0.25, -0.2) is 13.1 Å². The van der Waals surface area contributed by atoms with Crippen LogP contribution in [0.15, 0.2) is 41.3 Å². The van der Waals surface area contributed by atoms with E-state index in [1.165, 1.54) is 33.5 Å². The lowest BCUT2D eigenvalue weighted by molar-refractivity contribution is 0.323. The minimum atomic E-state index is -3.66. The molecular weight excluding hydrogens is 358 g/mol. The van der Waals surface area contributed by atoms with E-state index in [2.05, 4.69) is 4.72 Å². The van der Waals surface area contributed by atoms with E-state index < -0.39 is 10.0 Å². The summed E-state index contributed by atoms with van der Waals surface area (Å²) in [5, 5.41) is 0. The molecule has 8 heteroatoms. The number of benzene rings is 2. The van der Waals surface area contributed by atoms with E-state index in [0.29, 0.717) is 35.2 Å². The Morgan fingerprint density at radius 3 is 1.96 bits per heavy atom. The third-order valence-corrected chi connectivity index (χ3v) is 5.05. The number of methoxy groups -OCH3 is 3. The Morgan fingerprint density at radius 2 is 1.50 bits per heavy atom. The van der Waals surface area contributed by atoms with Gasteiger partial charge in [-0.1, -0.05) is 0 Å². The topological polar surface area (TPSA) is 83.1 Å². The van der Waals surface area contributed by atoms with Gasteiger partial charge in [-0.3, -0.25) is 0 Å². The highest BCUT2D eigenvalue weighted by molar-refractivity contribution is 7.89. The maximum Gasteiger partial charge on any atom is 0.240 e. The van der Waals surface area contributed by atoms with Crippen molar-refractivity contribution in [1.82, 2.24) is 4.72 Å². The summed E-state index contributed by atoms with van der Waals surface area (Å²) >= 11 is 0. The zero-order valence-electron chi connectivity index (χ0n) is 15.2. The first-order chi connectivity index (χ1) is 12.4. The summed E-state index contributed by atoms with van der Waals surface area (Å²) in [6.07, 6.45) is 0. The molecule has 0 unspecified atom stereocenters. The van der Waals surface area contributed by atoms with Crippen molar-refractivity contribution in [3.05, 3.63) is 42.0 Å². The second kappa shape index (κ2) is 8.77. The summed E-state index contributed by atoms with van der Waals surface area (Å²) in [5.41, 5.74) is 0.675. The third kappa shape index (κ3) is 4.59. The van der Waals surface area contributed by atoms with Crippen LogP contribution < -0.4 is 23.7 Å². The molecule has 7 nitrogen and oxygen atoms in total. The molecule has 0 saturated carbocycles. The van der Waals surface area contributed by atoms with E-state index in [0.717, 1.165) is 0 Å². The lowest BCUT2D eigenvalue weighted by Gasteiger charge is -2.14. The molecule has 0 fully saturated rings. The van der Waals surface area contributed by atoms with Crippen LogP contribution >= 0.6 is 0 Å². The van der Waals surface area contributed by atoms with Crippen molar-refractivity contribution in [2.45, 2.75) is 18.4 Å². The van der Waals surface area contributed by atoms with Crippen molar-refractivity contribution in [1.29, 1.82) is 0 Å². The second-order valence-corrected chi connectivity index (χ2v) is 7.03. The Labute approximate surface area is 153 Å². The fourth-order valence-corrected chi connectivity index (χ4v) is 3.40. The molecule has 0 heterocycles. The van der Waals surface area contributed by atoms with Crippen molar-refractivity contribution in [2.24, 2.45) is 0 Å².